The fourth-order valence-corrected chi connectivity index (χ4v) is 1.71. The van der Waals surface area contributed by atoms with Crippen LogP contribution in [0.5, 0.6) is 0 Å². The van der Waals surface area contributed by atoms with Crippen molar-refractivity contribution in [1.82, 2.24) is 9.97 Å². The lowest BCUT2D eigenvalue weighted by Crippen LogP contribution is -1.90. The first-order valence-electron chi connectivity index (χ1n) is 3.87. The number of hydrogen-bond acceptors (Lipinski definition) is 3. The van der Waals surface area contributed by atoms with Crippen molar-refractivity contribution < 1.29 is 4.79 Å². The number of aromatic nitrogens is 2. The quantitative estimate of drug-likeness (QED) is 0.742. The van der Waals surface area contributed by atoms with Crippen molar-refractivity contribution >= 4 is 17.1 Å². The van der Waals surface area contributed by atoms with E-state index in [-0.39, 0.29) is 5.78 Å². The molecule has 2 heterocycles. The molecule has 0 spiro atoms. The van der Waals surface area contributed by atoms with Gasteiger partial charge in [0.05, 0.1) is 11.1 Å². The Morgan fingerprint density at radius 2 is 2.46 bits per heavy atom. The number of carbonyl (C=O) groups excluding carboxylic acids is 1. The van der Waals surface area contributed by atoms with Crippen molar-refractivity contribution in [3.05, 3.63) is 29.4 Å². The predicted octanol–water partition coefficient (Wildman–Crippen LogP) is 2.34. The molecule has 0 fully saturated rings. The molecule has 2 rings (SSSR count). The number of carbonyl (C=O) groups is 1. The van der Waals surface area contributed by atoms with Crippen LogP contribution >= 0.6 is 11.3 Å². The van der Waals surface area contributed by atoms with E-state index in [1.165, 1.54) is 6.92 Å². The second-order valence-electron chi connectivity index (χ2n) is 2.68. The maximum absolute atomic E-state index is 11.0. The largest absolute Gasteiger partial charge is 0.335 e. The minimum atomic E-state index is 0.00954. The summed E-state index contributed by atoms with van der Waals surface area (Å²) in [5.41, 5.74) is 0.559. The summed E-state index contributed by atoms with van der Waals surface area (Å²) >= 11 is 1.60. The van der Waals surface area contributed by atoms with Gasteiger partial charge in [0.1, 0.15) is 11.5 Å². The van der Waals surface area contributed by atoms with E-state index in [9.17, 15) is 4.79 Å². The molecule has 0 unspecified atom stereocenters. The summed E-state index contributed by atoms with van der Waals surface area (Å²) in [4.78, 5) is 19.1. The van der Waals surface area contributed by atoms with Crippen molar-refractivity contribution in [2.45, 2.75) is 6.92 Å². The van der Waals surface area contributed by atoms with E-state index in [1.807, 2.05) is 17.5 Å². The molecular formula is C9H8N2OS. The zero-order valence-electron chi connectivity index (χ0n) is 7.07. The Hall–Kier alpha value is -1.42. The van der Waals surface area contributed by atoms with Crippen LogP contribution in [-0.4, -0.2) is 15.8 Å². The Morgan fingerprint density at radius 1 is 1.62 bits per heavy atom. The van der Waals surface area contributed by atoms with Crippen LogP contribution in [0.25, 0.3) is 10.7 Å². The van der Waals surface area contributed by atoms with Crippen molar-refractivity contribution in [1.29, 1.82) is 0 Å². The maximum Gasteiger partial charge on any atom is 0.177 e. The van der Waals surface area contributed by atoms with Gasteiger partial charge in [0.2, 0.25) is 0 Å². The number of H-pyrrole nitrogens is 1. The van der Waals surface area contributed by atoms with E-state index in [1.54, 1.807) is 17.5 Å². The maximum atomic E-state index is 11.0. The second kappa shape index (κ2) is 3.14. The Labute approximate surface area is 79.4 Å². The monoisotopic (exact) mass is 192 g/mol. The molecule has 1 N–H and O–H groups in total. The second-order valence-corrected chi connectivity index (χ2v) is 3.63. The van der Waals surface area contributed by atoms with Gasteiger partial charge in [-0.05, 0) is 11.4 Å². The first-order valence-corrected chi connectivity index (χ1v) is 4.75. The lowest BCUT2D eigenvalue weighted by atomic mass is 10.3. The molecule has 0 atom stereocenters. The van der Waals surface area contributed by atoms with Crippen molar-refractivity contribution in [3.63, 3.8) is 0 Å². The van der Waals surface area contributed by atoms with E-state index in [4.69, 9.17) is 0 Å². The molecule has 0 amide bonds. The lowest BCUT2D eigenvalue weighted by molar-refractivity contribution is 0.101. The van der Waals surface area contributed by atoms with Gasteiger partial charge in [0, 0.05) is 6.92 Å². The number of ketones is 1. The lowest BCUT2D eigenvalue weighted by Gasteiger charge is -1.88. The molecular weight excluding hydrogens is 184 g/mol. The van der Waals surface area contributed by atoms with Gasteiger partial charge in [-0.1, -0.05) is 6.07 Å². The number of aromatic amines is 1. The number of nitrogens with one attached hydrogen (secondary N) is 1. The molecule has 2 aromatic rings. The number of thiophene rings is 1. The van der Waals surface area contributed by atoms with Crippen LogP contribution in [0, 0.1) is 0 Å². The highest BCUT2D eigenvalue weighted by atomic mass is 32.1. The topological polar surface area (TPSA) is 45.8 Å². The average Bonchev–Trinajstić information content (AvgIpc) is 2.75. The molecule has 13 heavy (non-hydrogen) atoms. The standard InChI is InChI=1S/C9H8N2OS/c1-6(12)7-5-10-9(11-7)8-3-2-4-13-8/h2-5H,1H3,(H,10,11). The molecule has 0 aromatic carbocycles. The van der Waals surface area contributed by atoms with Crippen LogP contribution in [-0.2, 0) is 0 Å². The summed E-state index contributed by atoms with van der Waals surface area (Å²) in [5, 5.41) is 1.98. The average molecular weight is 192 g/mol. The number of nitrogens with zero attached hydrogens (tertiary/aromatic N) is 1. The first kappa shape index (κ1) is 8.19. The molecule has 0 aliphatic heterocycles. The van der Waals surface area contributed by atoms with Gasteiger partial charge in [0.15, 0.2) is 5.78 Å². The first-order chi connectivity index (χ1) is 6.27. The number of imidazole rings is 1. The highest BCUT2D eigenvalue weighted by molar-refractivity contribution is 7.13. The van der Waals surface area contributed by atoms with Gasteiger partial charge in [-0.15, -0.1) is 11.3 Å². The van der Waals surface area contributed by atoms with Crippen LogP contribution < -0.4 is 0 Å². The molecule has 0 saturated carbocycles. The number of hydrogen-bond donors (Lipinski definition) is 1. The van der Waals surface area contributed by atoms with Gasteiger partial charge in [-0.25, -0.2) is 4.98 Å². The molecule has 0 bridgehead atoms. The molecule has 4 heteroatoms. The molecule has 3 nitrogen and oxygen atoms in total. The van der Waals surface area contributed by atoms with E-state index >= 15 is 0 Å². The molecule has 2 aromatic heterocycles. The predicted molar refractivity (Wildman–Crippen MR) is 51.9 cm³/mol. The third-order valence-electron chi connectivity index (χ3n) is 1.71. The van der Waals surface area contributed by atoms with Crippen LogP contribution in [0.1, 0.15) is 17.4 Å². The SMILES string of the molecule is CC(=O)c1cnc(-c2cccs2)[nH]1. The Balaban J connectivity index is 2.39. The fourth-order valence-electron chi connectivity index (χ4n) is 1.04. The summed E-state index contributed by atoms with van der Waals surface area (Å²) in [5.74, 6) is 0.774. The van der Waals surface area contributed by atoms with Gasteiger partial charge < -0.3 is 4.98 Å². The zero-order valence-corrected chi connectivity index (χ0v) is 7.89. The Kier molecular flexibility index (Phi) is 1.98. The van der Waals surface area contributed by atoms with Crippen molar-refractivity contribution in [2.24, 2.45) is 0 Å². The highest BCUT2D eigenvalue weighted by Gasteiger charge is 2.06. The smallest absolute Gasteiger partial charge is 0.177 e. The third kappa shape index (κ3) is 1.53. The van der Waals surface area contributed by atoms with Gasteiger partial charge in [-0.2, -0.15) is 0 Å². The normalized spacial score (nSPS) is 10.2. The highest BCUT2D eigenvalue weighted by Crippen LogP contribution is 2.21. The van der Waals surface area contributed by atoms with Crippen LogP contribution in [0.15, 0.2) is 23.7 Å². The summed E-state index contributed by atoms with van der Waals surface area (Å²) in [6.45, 7) is 1.52. The Morgan fingerprint density at radius 3 is 3.00 bits per heavy atom. The molecule has 0 saturated heterocycles. The van der Waals surface area contributed by atoms with Crippen molar-refractivity contribution in [2.75, 3.05) is 0 Å². The van der Waals surface area contributed by atoms with E-state index in [0.29, 0.717) is 5.69 Å². The minimum absolute atomic E-state index is 0.00954. The number of Topliss-reactive ketones (excluding diaryl/α,β-unsaturated/α-hetero) is 1. The molecule has 0 aliphatic carbocycles. The van der Waals surface area contributed by atoms with Crippen molar-refractivity contribution in [3.8, 4) is 10.7 Å². The minimum Gasteiger partial charge on any atom is -0.335 e. The summed E-state index contributed by atoms with van der Waals surface area (Å²) in [6.07, 6.45) is 1.57. The zero-order chi connectivity index (χ0) is 9.26. The third-order valence-corrected chi connectivity index (χ3v) is 2.59. The van der Waals surface area contributed by atoms with Gasteiger partial charge in [-0.3, -0.25) is 4.79 Å². The van der Waals surface area contributed by atoms with Gasteiger partial charge in [0.25, 0.3) is 0 Å². The van der Waals surface area contributed by atoms with E-state index < -0.39 is 0 Å². The van der Waals surface area contributed by atoms with E-state index in [2.05, 4.69) is 9.97 Å². The van der Waals surface area contributed by atoms with Gasteiger partial charge >= 0.3 is 0 Å². The van der Waals surface area contributed by atoms with Crippen LogP contribution in [0.4, 0.5) is 0 Å². The fraction of sp³-hybridized carbons (Fsp3) is 0.111. The molecule has 0 radical (unpaired) electrons. The number of rotatable bonds is 2. The summed E-state index contributed by atoms with van der Waals surface area (Å²) < 4.78 is 0. The summed E-state index contributed by atoms with van der Waals surface area (Å²) in [6, 6.07) is 3.92. The Bertz CT molecular complexity index is 417. The van der Waals surface area contributed by atoms with Crippen LogP contribution in [0.3, 0.4) is 0 Å². The molecule has 66 valence electrons. The summed E-state index contributed by atoms with van der Waals surface area (Å²) in [7, 11) is 0. The van der Waals surface area contributed by atoms with E-state index in [0.717, 1.165) is 10.7 Å². The van der Waals surface area contributed by atoms with Crippen LogP contribution in [0.2, 0.25) is 0 Å². The molecule has 0 aliphatic rings.